The molecule has 0 saturated heterocycles. The van der Waals surface area contributed by atoms with Crippen molar-refractivity contribution >= 4 is 33.0 Å². The molecule has 112 valence electrons. The Morgan fingerprint density at radius 1 is 1.19 bits per heavy atom. The van der Waals surface area contributed by atoms with Gasteiger partial charge in [-0.1, -0.05) is 17.7 Å². The number of hydrogen-bond acceptors (Lipinski definition) is 4. The molecular formula is C14H15ClN2O3S. The summed E-state index contributed by atoms with van der Waals surface area (Å²) in [6.07, 6.45) is 0. The van der Waals surface area contributed by atoms with Gasteiger partial charge in [-0.05, 0) is 42.8 Å². The van der Waals surface area contributed by atoms with E-state index in [1.54, 1.807) is 12.1 Å². The summed E-state index contributed by atoms with van der Waals surface area (Å²) in [5, 5.41) is 0.0640. The van der Waals surface area contributed by atoms with Crippen LogP contribution in [0.15, 0.2) is 41.3 Å². The Labute approximate surface area is 128 Å². The molecule has 0 aromatic heterocycles. The average molecular weight is 327 g/mol. The fourth-order valence-corrected chi connectivity index (χ4v) is 3.45. The van der Waals surface area contributed by atoms with Crippen molar-refractivity contribution in [1.29, 1.82) is 0 Å². The minimum atomic E-state index is -3.83. The maximum atomic E-state index is 12.4. The standard InChI is InChI=1S/C14H15ClN2O3S/c1-9-3-5-13(20-2)12(7-9)17-21(18,19)14-6-4-10(16)8-11(14)15/h3-8,17H,16H2,1-2H3. The van der Waals surface area contributed by atoms with Gasteiger partial charge in [0.1, 0.15) is 10.6 Å². The topological polar surface area (TPSA) is 81.4 Å². The number of rotatable bonds is 4. The van der Waals surface area contributed by atoms with Crippen LogP contribution in [0, 0.1) is 6.92 Å². The first kappa shape index (κ1) is 15.5. The average Bonchev–Trinajstić information content (AvgIpc) is 2.37. The van der Waals surface area contributed by atoms with E-state index >= 15 is 0 Å². The second-order valence-electron chi connectivity index (χ2n) is 4.50. The third-order valence-electron chi connectivity index (χ3n) is 2.84. The number of benzene rings is 2. The van der Waals surface area contributed by atoms with Crippen LogP contribution in [-0.2, 0) is 10.0 Å². The zero-order valence-corrected chi connectivity index (χ0v) is 13.1. The lowest BCUT2D eigenvalue weighted by atomic mass is 10.2. The fraction of sp³-hybridized carbons (Fsp3) is 0.143. The number of nitrogen functional groups attached to an aromatic ring is 1. The van der Waals surface area contributed by atoms with Crippen molar-refractivity contribution < 1.29 is 13.2 Å². The second-order valence-corrected chi connectivity index (χ2v) is 6.56. The molecule has 2 aromatic carbocycles. The number of ether oxygens (including phenoxy) is 1. The molecule has 7 heteroatoms. The molecule has 0 aliphatic carbocycles. The van der Waals surface area contributed by atoms with Crippen molar-refractivity contribution in [3.8, 4) is 5.75 Å². The molecule has 2 rings (SSSR count). The van der Waals surface area contributed by atoms with Crippen molar-refractivity contribution in [1.82, 2.24) is 0 Å². The van der Waals surface area contributed by atoms with E-state index in [2.05, 4.69) is 4.72 Å². The first-order chi connectivity index (χ1) is 9.83. The van der Waals surface area contributed by atoms with E-state index in [1.165, 1.54) is 25.3 Å². The van der Waals surface area contributed by atoms with Crippen LogP contribution in [0.2, 0.25) is 5.02 Å². The molecule has 0 aliphatic heterocycles. The number of aryl methyl sites for hydroxylation is 1. The molecule has 3 N–H and O–H groups in total. The summed E-state index contributed by atoms with van der Waals surface area (Å²) in [5.41, 5.74) is 7.22. The van der Waals surface area contributed by atoms with Crippen LogP contribution in [0.25, 0.3) is 0 Å². The summed E-state index contributed by atoms with van der Waals surface area (Å²) in [6.45, 7) is 1.85. The normalized spacial score (nSPS) is 11.2. The molecule has 0 bridgehead atoms. The highest BCUT2D eigenvalue weighted by Gasteiger charge is 2.20. The van der Waals surface area contributed by atoms with Gasteiger partial charge < -0.3 is 10.5 Å². The zero-order chi connectivity index (χ0) is 15.6. The van der Waals surface area contributed by atoms with E-state index in [4.69, 9.17) is 22.1 Å². The van der Waals surface area contributed by atoms with E-state index < -0.39 is 10.0 Å². The minimum absolute atomic E-state index is 0.0399. The number of nitrogens with one attached hydrogen (secondary N) is 1. The first-order valence-electron chi connectivity index (χ1n) is 6.06. The molecule has 0 unspecified atom stereocenters. The summed E-state index contributed by atoms with van der Waals surface area (Å²) in [5.74, 6) is 0.427. The number of hydrogen-bond donors (Lipinski definition) is 2. The second kappa shape index (κ2) is 5.83. The monoisotopic (exact) mass is 326 g/mol. The molecule has 0 saturated carbocycles. The van der Waals surface area contributed by atoms with E-state index in [1.807, 2.05) is 13.0 Å². The van der Waals surface area contributed by atoms with Crippen LogP contribution in [-0.4, -0.2) is 15.5 Å². The van der Waals surface area contributed by atoms with Crippen molar-refractivity contribution in [2.75, 3.05) is 17.6 Å². The Kier molecular flexibility index (Phi) is 4.29. The van der Waals surface area contributed by atoms with Crippen LogP contribution in [0.4, 0.5) is 11.4 Å². The minimum Gasteiger partial charge on any atom is -0.495 e. The Morgan fingerprint density at radius 2 is 1.90 bits per heavy atom. The highest BCUT2D eigenvalue weighted by Crippen LogP contribution is 2.30. The lowest BCUT2D eigenvalue weighted by Crippen LogP contribution is -2.14. The molecule has 0 heterocycles. The Bertz CT molecular complexity index is 776. The molecule has 0 atom stereocenters. The molecule has 5 nitrogen and oxygen atoms in total. The van der Waals surface area contributed by atoms with E-state index in [9.17, 15) is 8.42 Å². The lowest BCUT2D eigenvalue weighted by molar-refractivity contribution is 0.417. The van der Waals surface area contributed by atoms with Crippen molar-refractivity contribution in [3.63, 3.8) is 0 Å². The molecule has 0 spiro atoms. The molecule has 0 aliphatic rings. The van der Waals surface area contributed by atoms with Crippen molar-refractivity contribution in [2.45, 2.75) is 11.8 Å². The summed E-state index contributed by atoms with van der Waals surface area (Å²) >= 11 is 5.95. The predicted molar refractivity (Wildman–Crippen MR) is 84.4 cm³/mol. The van der Waals surface area contributed by atoms with E-state index in [0.717, 1.165) is 5.56 Å². The highest BCUT2D eigenvalue weighted by molar-refractivity contribution is 7.92. The Morgan fingerprint density at radius 3 is 2.52 bits per heavy atom. The van der Waals surface area contributed by atoms with E-state index in [-0.39, 0.29) is 9.92 Å². The summed E-state index contributed by atoms with van der Waals surface area (Å²) in [4.78, 5) is -0.0399. The van der Waals surface area contributed by atoms with Gasteiger partial charge in [0.25, 0.3) is 10.0 Å². The number of methoxy groups -OCH3 is 1. The fourth-order valence-electron chi connectivity index (χ4n) is 1.84. The van der Waals surface area contributed by atoms with Gasteiger partial charge in [-0.3, -0.25) is 4.72 Å². The maximum absolute atomic E-state index is 12.4. The van der Waals surface area contributed by atoms with Crippen LogP contribution in [0.1, 0.15) is 5.56 Å². The number of halogens is 1. The lowest BCUT2D eigenvalue weighted by Gasteiger charge is -2.13. The SMILES string of the molecule is COc1ccc(C)cc1NS(=O)(=O)c1ccc(N)cc1Cl. The van der Waals surface area contributed by atoms with Crippen molar-refractivity contribution in [2.24, 2.45) is 0 Å². The summed E-state index contributed by atoms with van der Waals surface area (Å²) < 4.78 is 32.5. The molecular weight excluding hydrogens is 312 g/mol. The number of nitrogens with two attached hydrogens (primary N) is 1. The number of sulfonamides is 1. The molecule has 21 heavy (non-hydrogen) atoms. The summed E-state index contributed by atoms with van der Waals surface area (Å²) in [6, 6.07) is 9.44. The highest BCUT2D eigenvalue weighted by atomic mass is 35.5. The van der Waals surface area contributed by atoms with Crippen LogP contribution in [0.3, 0.4) is 0 Å². The Hall–Kier alpha value is -1.92. The summed E-state index contributed by atoms with van der Waals surface area (Å²) in [7, 11) is -2.36. The van der Waals surface area contributed by atoms with Gasteiger partial charge in [0.05, 0.1) is 17.8 Å². The van der Waals surface area contributed by atoms with Crippen LogP contribution in [0.5, 0.6) is 5.75 Å². The van der Waals surface area contributed by atoms with Gasteiger partial charge in [0.15, 0.2) is 0 Å². The maximum Gasteiger partial charge on any atom is 0.263 e. The largest absolute Gasteiger partial charge is 0.495 e. The van der Waals surface area contributed by atoms with Gasteiger partial charge in [-0.2, -0.15) is 0 Å². The molecule has 2 aromatic rings. The van der Waals surface area contributed by atoms with E-state index in [0.29, 0.717) is 17.1 Å². The van der Waals surface area contributed by atoms with Gasteiger partial charge in [0, 0.05) is 5.69 Å². The van der Waals surface area contributed by atoms with Crippen molar-refractivity contribution in [3.05, 3.63) is 47.0 Å². The quantitative estimate of drug-likeness (QED) is 0.846. The third-order valence-corrected chi connectivity index (χ3v) is 4.69. The van der Waals surface area contributed by atoms with Crippen LogP contribution < -0.4 is 15.2 Å². The third kappa shape index (κ3) is 3.40. The van der Waals surface area contributed by atoms with Crippen LogP contribution >= 0.6 is 11.6 Å². The first-order valence-corrected chi connectivity index (χ1v) is 7.92. The zero-order valence-electron chi connectivity index (χ0n) is 11.6. The van der Waals surface area contributed by atoms with Gasteiger partial charge in [0.2, 0.25) is 0 Å². The smallest absolute Gasteiger partial charge is 0.263 e. The van der Waals surface area contributed by atoms with Gasteiger partial charge in [-0.15, -0.1) is 0 Å². The van der Waals surface area contributed by atoms with Gasteiger partial charge in [-0.25, -0.2) is 8.42 Å². The van der Waals surface area contributed by atoms with Gasteiger partial charge >= 0.3 is 0 Å². The number of anilines is 2. The molecule has 0 radical (unpaired) electrons. The predicted octanol–water partition coefficient (Wildman–Crippen LogP) is 3.04. The Balaban J connectivity index is 2.44. The molecule has 0 amide bonds. The molecule has 0 fully saturated rings.